The molecular formula is C27H46O3. The molecule has 0 spiro atoms. The van der Waals surface area contributed by atoms with Gasteiger partial charge in [0.15, 0.2) is 5.79 Å². The van der Waals surface area contributed by atoms with Gasteiger partial charge in [-0.1, -0.05) is 82.7 Å². The fourth-order valence-electron chi connectivity index (χ4n) is 4.87. The van der Waals surface area contributed by atoms with Crippen molar-refractivity contribution in [3.05, 3.63) is 35.9 Å². The Balaban J connectivity index is 2.19. The lowest BCUT2D eigenvalue weighted by atomic mass is 9.74. The van der Waals surface area contributed by atoms with E-state index in [1.54, 1.807) is 0 Å². The maximum atomic E-state index is 6.51. The van der Waals surface area contributed by atoms with Crippen molar-refractivity contribution >= 4 is 0 Å². The highest BCUT2D eigenvalue weighted by atomic mass is 16.7. The molecule has 1 heterocycles. The summed E-state index contributed by atoms with van der Waals surface area (Å²) in [5.41, 5.74) is 1.53. The van der Waals surface area contributed by atoms with Crippen LogP contribution in [-0.4, -0.2) is 26.4 Å². The monoisotopic (exact) mass is 418 g/mol. The van der Waals surface area contributed by atoms with Crippen molar-refractivity contribution in [1.82, 2.24) is 0 Å². The molecule has 0 amide bonds. The van der Waals surface area contributed by atoms with Crippen molar-refractivity contribution in [2.45, 2.75) is 97.7 Å². The molecule has 172 valence electrons. The van der Waals surface area contributed by atoms with E-state index in [-0.39, 0.29) is 0 Å². The van der Waals surface area contributed by atoms with E-state index < -0.39 is 5.79 Å². The highest BCUT2D eigenvalue weighted by molar-refractivity contribution is 5.21. The van der Waals surface area contributed by atoms with Crippen LogP contribution in [-0.2, 0) is 20.0 Å². The van der Waals surface area contributed by atoms with Crippen LogP contribution in [0.2, 0.25) is 0 Å². The fourth-order valence-corrected chi connectivity index (χ4v) is 4.87. The minimum atomic E-state index is -0.645. The number of hydrogen-bond donors (Lipinski definition) is 0. The molecule has 0 N–H and O–H groups in total. The van der Waals surface area contributed by atoms with Gasteiger partial charge in [-0.05, 0) is 39.5 Å². The van der Waals surface area contributed by atoms with Gasteiger partial charge in [0.25, 0.3) is 0 Å². The van der Waals surface area contributed by atoms with Gasteiger partial charge in [-0.25, -0.2) is 0 Å². The smallest absolute Gasteiger partial charge is 0.197 e. The zero-order chi connectivity index (χ0) is 21.7. The van der Waals surface area contributed by atoms with Crippen molar-refractivity contribution in [1.29, 1.82) is 0 Å². The molecule has 1 saturated heterocycles. The lowest BCUT2D eigenvalue weighted by molar-refractivity contribution is -0.279. The quantitative estimate of drug-likeness (QED) is 0.194. The molecule has 1 aromatic rings. The first-order valence-electron chi connectivity index (χ1n) is 12.6. The van der Waals surface area contributed by atoms with Gasteiger partial charge in [-0.15, -0.1) is 0 Å². The molecule has 0 aliphatic carbocycles. The van der Waals surface area contributed by atoms with Crippen LogP contribution in [0.1, 0.15) is 97.5 Å². The van der Waals surface area contributed by atoms with Crippen LogP contribution in [0.5, 0.6) is 0 Å². The summed E-state index contributed by atoms with van der Waals surface area (Å²) in [7, 11) is 0. The van der Waals surface area contributed by atoms with Crippen molar-refractivity contribution in [2.24, 2.45) is 11.3 Å². The van der Waals surface area contributed by atoms with Crippen molar-refractivity contribution < 1.29 is 14.2 Å². The lowest BCUT2D eigenvalue weighted by Crippen LogP contribution is -2.45. The van der Waals surface area contributed by atoms with Crippen molar-refractivity contribution in [3.8, 4) is 0 Å². The Kier molecular flexibility index (Phi) is 11.4. The predicted molar refractivity (Wildman–Crippen MR) is 126 cm³/mol. The normalized spacial score (nSPS) is 16.9. The molecule has 2 rings (SSSR count). The Morgan fingerprint density at radius 1 is 0.867 bits per heavy atom. The molecular weight excluding hydrogens is 372 g/mol. The zero-order valence-electron chi connectivity index (χ0n) is 20.1. The van der Waals surface area contributed by atoms with Crippen LogP contribution >= 0.6 is 0 Å². The summed E-state index contributed by atoms with van der Waals surface area (Å²) in [6.45, 7) is 11.9. The second kappa shape index (κ2) is 13.5. The topological polar surface area (TPSA) is 27.7 Å². The van der Waals surface area contributed by atoms with E-state index in [0.29, 0.717) is 24.5 Å². The average Bonchev–Trinajstić information content (AvgIpc) is 2.74. The summed E-state index contributed by atoms with van der Waals surface area (Å²) in [6, 6.07) is 10.7. The molecule has 30 heavy (non-hydrogen) atoms. The van der Waals surface area contributed by atoms with E-state index in [0.717, 1.165) is 26.1 Å². The standard InChI is InChI=1S/C27H46O3/c1-5-9-10-11-12-14-19-25(20-21-26(6-2)22-28-23-26)27(29-7-3,30-8-4)24-17-15-13-16-18-24/h13,15-18,25H,5-12,14,19-23H2,1-4H3. The molecule has 1 unspecified atom stereocenters. The largest absolute Gasteiger partial charge is 0.380 e. The van der Waals surface area contributed by atoms with Gasteiger partial charge in [-0.3, -0.25) is 0 Å². The third kappa shape index (κ3) is 6.80. The van der Waals surface area contributed by atoms with Gasteiger partial charge < -0.3 is 14.2 Å². The first-order chi connectivity index (χ1) is 14.7. The number of ether oxygens (including phenoxy) is 3. The average molecular weight is 419 g/mol. The van der Waals surface area contributed by atoms with Gasteiger partial charge in [0, 0.05) is 30.1 Å². The molecule has 0 radical (unpaired) electrons. The van der Waals surface area contributed by atoms with E-state index in [2.05, 4.69) is 58.0 Å². The van der Waals surface area contributed by atoms with Crippen LogP contribution in [0.4, 0.5) is 0 Å². The lowest BCUT2D eigenvalue weighted by Gasteiger charge is -2.45. The molecule has 0 aromatic heterocycles. The highest BCUT2D eigenvalue weighted by Crippen LogP contribution is 2.45. The van der Waals surface area contributed by atoms with Crippen molar-refractivity contribution in [3.63, 3.8) is 0 Å². The predicted octanol–water partition coefficient (Wildman–Crippen LogP) is 7.49. The SMILES string of the molecule is CCCCCCCCC(CCC1(CC)COC1)C(OCC)(OCC)c1ccccc1. The molecule has 1 atom stereocenters. The maximum Gasteiger partial charge on any atom is 0.197 e. The van der Waals surface area contributed by atoms with Crippen LogP contribution in [0.15, 0.2) is 30.3 Å². The number of unbranched alkanes of at least 4 members (excludes halogenated alkanes) is 5. The van der Waals surface area contributed by atoms with E-state index in [1.165, 1.54) is 56.9 Å². The highest BCUT2D eigenvalue weighted by Gasteiger charge is 2.44. The third-order valence-corrected chi connectivity index (χ3v) is 6.93. The molecule has 1 aromatic carbocycles. The van der Waals surface area contributed by atoms with E-state index in [4.69, 9.17) is 14.2 Å². The molecule has 3 nitrogen and oxygen atoms in total. The molecule has 1 aliphatic rings. The van der Waals surface area contributed by atoms with Gasteiger partial charge >= 0.3 is 0 Å². The Morgan fingerprint density at radius 3 is 2.03 bits per heavy atom. The summed E-state index contributed by atoms with van der Waals surface area (Å²) in [4.78, 5) is 0. The molecule has 0 bridgehead atoms. The third-order valence-electron chi connectivity index (χ3n) is 6.93. The maximum absolute atomic E-state index is 6.51. The minimum Gasteiger partial charge on any atom is -0.380 e. The summed E-state index contributed by atoms with van der Waals surface area (Å²) >= 11 is 0. The second-order valence-corrected chi connectivity index (χ2v) is 9.04. The zero-order valence-corrected chi connectivity index (χ0v) is 20.1. The van der Waals surface area contributed by atoms with Gasteiger partial charge in [0.05, 0.1) is 13.2 Å². The van der Waals surface area contributed by atoms with Gasteiger partial charge in [0.2, 0.25) is 0 Å². The molecule has 1 fully saturated rings. The van der Waals surface area contributed by atoms with Crippen LogP contribution < -0.4 is 0 Å². The van der Waals surface area contributed by atoms with E-state index >= 15 is 0 Å². The molecule has 0 saturated carbocycles. The van der Waals surface area contributed by atoms with Gasteiger partial charge in [0.1, 0.15) is 0 Å². The first kappa shape index (κ1) is 25.4. The summed E-state index contributed by atoms with van der Waals surface area (Å²) in [5.74, 6) is -0.289. The number of hydrogen-bond acceptors (Lipinski definition) is 3. The fraction of sp³-hybridized carbons (Fsp3) is 0.778. The van der Waals surface area contributed by atoms with Crippen LogP contribution in [0.25, 0.3) is 0 Å². The number of rotatable bonds is 17. The Bertz CT molecular complexity index is 541. The van der Waals surface area contributed by atoms with Crippen LogP contribution in [0.3, 0.4) is 0 Å². The Labute approximate surface area is 185 Å². The Morgan fingerprint density at radius 2 is 1.50 bits per heavy atom. The van der Waals surface area contributed by atoms with Crippen molar-refractivity contribution in [2.75, 3.05) is 26.4 Å². The first-order valence-corrected chi connectivity index (χ1v) is 12.6. The summed E-state index contributed by atoms with van der Waals surface area (Å²) in [5, 5.41) is 0. The van der Waals surface area contributed by atoms with Crippen LogP contribution in [0, 0.1) is 11.3 Å². The molecule has 1 aliphatic heterocycles. The minimum absolute atomic E-state index is 0.356. The second-order valence-electron chi connectivity index (χ2n) is 9.04. The number of benzene rings is 1. The summed E-state index contributed by atoms with van der Waals surface area (Å²) < 4.78 is 18.6. The summed E-state index contributed by atoms with van der Waals surface area (Å²) in [6.07, 6.45) is 12.6. The Hall–Kier alpha value is -0.900. The van der Waals surface area contributed by atoms with E-state index in [9.17, 15) is 0 Å². The van der Waals surface area contributed by atoms with Gasteiger partial charge in [-0.2, -0.15) is 0 Å². The molecule has 3 heteroatoms. The van der Waals surface area contributed by atoms with E-state index in [1.807, 2.05) is 0 Å².